The first-order valence-corrected chi connectivity index (χ1v) is 16.8. The first kappa shape index (κ1) is 27.7. The molecule has 0 spiro atoms. The van der Waals surface area contributed by atoms with Gasteiger partial charge in [-0.3, -0.25) is 0 Å². The summed E-state index contributed by atoms with van der Waals surface area (Å²) in [5, 5.41) is 0. The van der Waals surface area contributed by atoms with Crippen molar-refractivity contribution in [1.29, 1.82) is 0 Å². The van der Waals surface area contributed by atoms with Crippen LogP contribution in [0.15, 0.2) is 81.7 Å². The second-order valence-corrected chi connectivity index (χ2v) is 17.1. The molecule has 2 atom stereocenters. The zero-order chi connectivity index (χ0) is 28.9. The lowest BCUT2D eigenvalue weighted by atomic mass is 9.62. The van der Waals surface area contributed by atoms with Gasteiger partial charge in [0.25, 0.3) is 0 Å². The third-order valence-corrected chi connectivity index (χ3v) is 10.7. The zero-order valence-electron chi connectivity index (χ0n) is 25.2. The van der Waals surface area contributed by atoms with Gasteiger partial charge in [0.1, 0.15) is 0 Å². The molecule has 2 heteroatoms. The summed E-state index contributed by atoms with van der Waals surface area (Å²) in [6.45, 7) is 14.2. The van der Waals surface area contributed by atoms with E-state index >= 15 is 0 Å². The van der Waals surface area contributed by atoms with Gasteiger partial charge in [0, 0.05) is 8.95 Å². The van der Waals surface area contributed by atoms with E-state index in [2.05, 4.69) is 146 Å². The number of benzene rings is 4. The Hall–Kier alpha value is -2.16. The van der Waals surface area contributed by atoms with E-state index in [1.807, 2.05) is 0 Å². The van der Waals surface area contributed by atoms with E-state index in [1.54, 1.807) is 11.1 Å². The minimum atomic E-state index is -0.355. The van der Waals surface area contributed by atoms with Gasteiger partial charge in [-0.1, -0.05) is 122 Å². The van der Waals surface area contributed by atoms with Crippen molar-refractivity contribution in [1.82, 2.24) is 0 Å². The highest BCUT2D eigenvalue weighted by atomic mass is 79.9. The summed E-state index contributed by atoms with van der Waals surface area (Å²) in [7, 11) is 0. The molecule has 0 radical (unpaired) electrons. The van der Waals surface area contributed by atoms with Crippen LogP contribution in [0, 0.1) is 10.8 Å². The Bertz CT molecular complexity index is 1570. The van der Waals surface area contributed by atoms with Gasteiger partial charge in [-0.2, -0.15) is 0 Å². The Kier molecular flexibility index (Phi) is 6.35. The van der Waals surface area contributed by atoms with E-state index in [-0.39, 0.29) is 5.41 Å². The van der Waals surface area contributed by atoms with Crippen molar-refractivity contribution in [3.8, 4) is 11.1 Å². The highest BCUT2D eigenvalue weighted by molar-refractivity contribution is 9.10. The summed E-state index contributed by atoms with van der Waals surface area (Å²) in [5.41, 5.74) is 14.8. The molecule has 0 N–H and O–H groups in total. The van der Waals surface area contributed by atoms with Crippen molar-refractivity contribution < 1.29 is 0 Å². The Morgan fingerprint density at radius 1 is 0.585 bits per heavy atom. The average molecular weight is 669 g/mol. The fourth-order valence-electron chi connectivity index (χ4n) is 8.22. The third-order valence-electron chi connectivity index (χ3n) is 9.74. The van der Waals surface area contributed by atoms with E-state index in [0.717, 1.165) is 8.95 Å². The molecule has 7 rings (SSSR count). The Morgan fingerprint density at radius 3 is 1.37 bits per heavy atom. The molecule has 0 fully saturated rings. The Morgan fingerprint density at radius 2 is 1.00 bits per heavy atom. The second kappa shape index (κ2) is 9.42. The molecule has 0 aliphatic heterocycles. The van der Waals surface area contributed by atoms with Gasteiger partial charge in [0.15, 0.2) is 0 Å². The molecule has 0 bridgehead atoms. The van der Waals surface area contributed by atoms with Crippen LogP contribution in [-0.2, 0) is 18.3 Å². The molecule has 210 valence electrons. The van der Waals surface area contributed by atoms with Gasteiger partial charge in [-0.15, -0.1) is 0 Å². The lowest BCUT2D eigenvalue weighted by Gasteiger charge is -2.40. The van der Waals surface area contributed by atoms with Crippen LogP contribution in [0.4, 0.5) is 0 Å². The maximum absolute atomic E-state index is 3.86. The molecular weight excluding hydrogens is 628 g/mol. The molecule has 4 aromatic rings. The SMILES string of the molecule is CC(C)(C)CC1Cc2cc(C3(c4ccc5c(c4)CC5CC(C)(C)C)c4cc(Br)ccc4-c4ccc(Br)cc43)ccc21. The Labute approximate surface area is 263 Å². The highest BCUT2D eigenvalue weighted by Crippen LogP contribution is 2.59. The van der Waals surface area contributed by atoms with Crippen molar-refractivity contribution in [2.24, 2.45) is 10.8 Å². The van der Waals surface area contributed by atoms with Crippen molar-refractivity contribution in [2.75, 3.05) is 0 Å². The maximum Gasteiger partial charge on any atom is 0.0714 e. The molecule has 0 nitrogen and oxygen atoms in total. The monoisotopic (exact) mass is 666 g/mol. The molecule has 3 aliphatic rings. The molecule has 41 heavy (non-hydrogen) atoms. The molecule has 3 aliphatic carbocycles. The fourth-order valence-corrected chi connectivity index (χ4v) is 8.94. The summed E-state index contributed by atoms with van der Waals surface area (Å²) < 4.78 is 2.27. The molecule has 2 unspecified atom stereocenters. The third kappa shape index (κ3) is 4.51. The van der Waals surface area contributed by atoms with Gasteiger partial charge in [0.2, 0.25) is 0 Å². The smallest absolute Gasteiger partial charge is 0.0602 e. The lowest BCUT2D eigenvalue weighted by molar-refractivity contribution is 0.323. The predicted molar refractivity (Wildman–Crippen MR) is 180 cm³/mol. The number of hydrogen-bond donors (Lipinski definition) is 0. The topological polar surface area (TPSA) is 0 Å². The van der Waals surface area contributed by atoms with Crippen LogP contribution in [-0.4, -0.2) is 0 Å². The van der Waals surface area contributed by atoms with E-state index in [9.17, 15) is 0 Å². The minimum absolute atomic E-state index is 0.348. The van der Waals surface area contributed by atoms with Crippen LogP contribution < -0.4 is 0 Å². The molecule has 0 saturated carbocycles. The summed E-state index contributed by atoms with van der Waals surface area (Å²) in [5.74, 6) is 1.36. The summed E-state index contributed by atoms with van der Waals surface area (Å²) in [4.78, 5) is 0. The van der Waals surface area contributed by atoms with Gasteiger partial charge in [-0.05, 0) is 128 Å². The molecule has 0 amide bonds. The normalized spacial score (nSPS) is 19.9. The van der Waals surface area contributed by atoms with Crippen LogP contribution in [0.3, 0.4) is 0 Å². The predicted octanol–water partition coefficient (Wildman–Crippen LogP) is 11.7. The Balaban J connectivity index is 1.44. The van der Waals surface area contributed by atoms with E-state index in [1.165, 1.54) is 70.2 Å². The largest absolute Gasteiger partial charge is 0.0714 e. The average Bonchev–Trinajstić information content (AvgIpc) is 3.13. The molecular formula is C39H40Br2. The highest BCUT2D eigenvalue weighted by Gasteiger charge is 2.48. The van der Waals surface area contributed by atoms with Crippen LogP contribution in [0.2, 0.25) is 0 Å². The van der Waals surface area contributed by atoms with Crippen molar-refractivity contribution >= 4 is 31.9 Å². The number of hydrogen-bond acceptors (Lipinski definition) is 0. The van der Waals surface area contributed by atoms with Gasteiger partial charge in [0.05, 0.1) is 5.41 Å². The number of fused-ring (bicyclic) bond motifs is 5. The van der Waals surface area contributed by atoms with Crippen LogP contribution >= 0.6 is 31.9 Å². The number of rotatable bonds is 4. The standard InChI is InChI=1S/C39H40Br2/c1-37(2,3)21-25-15-23-17-27(7-11-31(23)25)39(28-8-12-32-24(18-28)16-26(32)22-38(4,5)6)35-19-29(40)9-13-33(35)34-14-10-30(41)20-36(34)39/h7-14,17-20,25-26H,15-16,21-22H2,1-6H3. The summed E-state index contributed by atoms with van der Waals surface area (Å²) in [6, 6.07) is 28.7. The van der Waals surface area contributed by atoms with Crippen molar-refractivity contribution in [3.05, 3.63) is 126 Å². The van der Waals surface area contributed by atoms with Crippen LogP contribution in [0.25, 0.3) is 11.1 Å². The minimum Gasteiger partial charge on any atom is -0.0602 e. The van der Waals surface area contributed by atoms with Crippen molar-refractivity contribution in [2.45, 2.75) is 84.5 Å². The van der Waals surface area contributed by atoms with Crippen molar-refractivity contribution in [3.63, 3.8) is 0 Å². The van der Waals surface area contributed by atoms with E-state index in [0.29, 0.717) is 22.7 Å². The van der Waals surface area contributed by atoms with E-state index in [4.69, 9.17) is 0 Å². The fraction of sp³-hybridized carbons (Fsp3) is 0.385. The van der Waals surface area contributed by atoms with Gasteiger partial charge >= 0.3 is 0 Å². The molecule has 0 aromatic heterocycles. The second-order valence-electron chi connectivity index (χ2n) is 15.3. The first-order valence-electron chi connectivity index (χ1n) is 15.2. The zero-order valence-corrected chi connectivity index (χ0v) is 28.3. The summed E-state index contributed by atoms with van der Waals surface area (Å²) in [6.07, 6.45) is 4.87. The summed E-state index contributed by atoms with van der Waals surface area (Å²) >= 11 is 7.72. The van der Waals surface area contributed by atoms with E-state index < -0.39 is 0 Å². The lowest BCUT2D eigenvalue weighted by Crippen LogP contribution is -2.32. The van der Waals surface area contributed by atoms with Gasteiger partial charge in [-0.25, -0.2) is 0 Å². The first-order chi connectivity index (χ1) is 19.3. The molecule has 0 saturated heterocycles. The van der Waals surface area contributed by atoms with Gasteiger partial charge < -0.3 is 0 Å². The molecule has 4 aromatic carbocycles. The molecule has 0 heterocycles. The quantitative estimate of drug-likeness (QED) is 0.179. The number of halogens is 2. The van der Waals surface area contributed by atoms with Crippen LogP contribution in [0.1, 0.15) is 111 Å². The van der Waals surface area contributed by atoms with Crippen LogP contribution in [0.5, 0.6) is 0 Å². The maximum atomic E-state index is 3.86.